The summed E-state index contributed by atoms with van der Waals surface area (Å²) >= 11 is 0. The van der Waals surface area contributed by atoms with Gasteiger partial charge in [0, 0.05) is 0 Å². The smallest absolute Gasteiger partial charge is 0.501 e. The van der Waals surface area contributed by atoms with Gasteiger partial charge in [0.2, 0.25) is 0 Å². The van der Waals surface area contributed by atoms with Crippen LogP contribution in [-0.4, -0.2) is 19.0 Å². The van der Waals surface area contributed by atoms with Crippen LogP contribution in [0.1, 0.15) is 5.56 Å². The third-order valence-electron chi connectivity index (χ3n) is 2.04. The molecule has 8 heteroatoms. The van der Waals surface area contributed by atoms with E-state index >= 15 is 0 Å². The number of rotatable bonds is 1. The van der Waals surface area contributed by atoms with E-state index in [2.05, 4.69) is 0 Å². The molecular formula is C8H8F3NO3S. The molecule has 0 saturated carbocycles. The number of nitrogen functional groups attached to an aromatic ring is 1. The maximum absolute atomic E-state index is 12.2. The van der Waals surface area contributed by atoms with Gasteiger partial charge in [-0.25, -0.2) is 8.42 Å². The topological polar surface area (TPSA) is 80.4 Å². The highest BCUT2D eigenvalue weighted by molar-refractivity contribution is 7.92. The minimum atomic E-state index is -5.44. The van der Waals surface area contributed by atoms with Crippen LogP contribution in [0, 0.1) is 6.92 Å². The van der Waals surface area contributed by atoms with Crippen molar-refractivity contribution < 1.29 is 26.7 Å². The number of phenols is 1. The molecule has 1 rings (SSSR count). The first-order valence-electron chi connectivity index (χ1n) is 3.98. The van der Waals surface area contributed by atoms with Gasteiger partial charge < -0.3 is 10.8 Å². The molecule has 1 aromatic carbocycles. The summed E-state index contributed by atoms with van der Waals surface area (Å²) in [5.74, 6) is -0.460. The Kier molecular flexibility index (Phi) is 2.80. The first-order chi connectivity index (χ1) is 7.09. The van der Waals surface area contributed by atoms with E-state index in [4.69, 9.17) is 10.8 Å². The highest BCUT2D eigenvalue weighted by Crippen LogP contribution is 2.36. The number of anilines is 1. The molecule has 0 fully saturated rings. The Morgan fingerprint density at radius 2 is 1.81 bits per heavy atom. The first kappa shape index (κ1) is 12.6. The van der Waals surface area contributed by atoms with Crippen molar-refractivity contribution in [2.45, 2.75) is 17.3 Å². The summed E-state index contributed by atoms with van der Waals surface area (Å²) in [5.41, 5.74) is -0.853. The number of benzene rings is 1. The number of aromatic hydroxyl groups is 1. The summed E-state index contributed by atoms with van der Waals surface area (Å²) in [6.07, 6.45) is 0. The molecule has 0 heterocycles. The lowest BCUT2D eigenvalue weighted by molar-refractivity contribution is -0.0436. The SMILES string of the molecule is Cc1c(S(=O)(=O)C(F)(F)F)ccc(O)c1N. The Morgan fingerprint density at radius 1 is 1.31 bits per heavy atom. The molecule has 16 heavy (non-hydrogen) atoms. The van der Waals surface area contributed by atoms with Gasteiger partial charge in [-0.05, 0) is 24.6 Å². The second-order valence-electron chi connectivity index (χ2n) is 3.07. The summed E-state index contributed by atoms with van der Waals surface area (Å²) in [4.78, 5) is -0.949. The Bertz CT molecular complexity index is 522. The van der Waals surface area contributed by atoms with Crippen LogP contribution in [0.15, 0.2) is 17.0 Å². The van der Waals surface area contributed by atoms with Crippen molar-refractivity contribution in [2.24, 2.45) is 0 Å². The normalized spacial score (nSPS) is 12.8. The Hall–Kier alpha value is -1.44. The van der Waals surface area contributed by atoms with E-state index in [9.17, 15) is 21.6 Å². The first-order valence-corrected chi connectivity index (χ1v) is 5.46. The van der Waals surface area contributed by atoms with E-state index in [0.29, 0.717) is 6.07 Å². The van der Waals surface area contributed by atoms with Crippen LogP contribution >= 0.6 is 0 Å². The quantitative estimate of drug-likeness (QED) is 0.589. The highest BCUT2D eigenvalue weighted by atomic mass is 32.2. The molecule has 0 atom stereocenters. The van der Waals surface area contributed by atoms with Gasteiger partial charge in [0.15, 0.2) is 0 Å². The maximum Gasteiger partial charge on any atom is 0.501 e. The summed E-state index contributed by atoms with van der Waals surface area (Å²) in [5, 5.41) is 9.09. The fraction of sp³-hybridized carbons (Fsp3) is 0.250. The van der Waals surface area contributed by atoms with Crippen molar-refractivity contribution >= 4 is 15.5 Å². The van der Waals surface area contributed by atoms with Crippen LogP contribution < -0.4 is 5.73 Å². The van der Waals surface area contributed by atoms with Crippen LogP contribution in [0.4, 0.5) is 18.9 Å². The van der Waals surface area contributed by atoms with Crippen molar-refractivity contribution in [1.29, 1.82) is 0 Å². The zero-order valence-corrected chi connectivity index (χ0v) is 8.85. The lowest BCUT2D eigenvalue weighted by Gasteiger charge is -2.12. The number of hydrogen-bond acceptors (Lipinski definition) is 4. The molecule has 0 aromatic heterocycles. The lowest BCUT2D eigenvalue weighted by Crippen LogP contribution is -2.24. The molecule has 0 spiro atoms. The molecule has 0 aliphatic rings. The van der Waals surface area contributed by atoms with Crippen LogP contribution in [-0.2, 0) is 9.84 Å². The standard InChI is InChI=1S/C8H8F3NO3S/c1-4-6(3-2-5(13)7(4)12)16(14,15)8(9,10)11/h2-3,13H,12H2,1H3. The molecule has 4 nitrogen and oxygen atoms in total. The van der Waals surface area contributed by atoms with Gasteiger partial charge in [-0.3, -0.25) is 0 Å². The van der Waals surface area contributed by atoms with E-state index in [1.54, 1.807) is 0 Å². The van der Waals surface area contributed by atoms with Crippen LogP contribution in [0.5, 0.6) is 5.75 Å². The summed E-state index contributed by atoms with van der Waals surface area (Å²) < 4.78 is 58.9. The summed E-state index contributed by atoms with van der Waals surface area (Å²) in [7, 11) is -5.44. The fourth-order valence-electron chi connectivity index (χ4n) is 1.11. The van der Waals surface area contributed by atoms with Gasteiger partial charge in [0.25, 0.3) is 9.84 Å². The van der Waals surface area contributed by atoms with Gasteiger partial charge in [0.1, 0.15) is 5.75 Å². The van der Waals surface area contributed by atoms with Gasteiger partial charge >= 0.3 is 5.51 Å². The van der Waals surface area contributed by atoms with E-state index in [1.807, 2.05) is 0 Å². The van der Waals surface area contributed by atoms with Crippen molar-refractivity contribution in [3.05, 3.63) is 17.7 Å². The number of halogens is 3. The second-order valence-corrected chi connectivity index (χ2v) is 4.98. The molecule has 0 bridgehead atoms. The molecule has 0 amide bonds. The van der Waals surface area contributed by atoms with Gasteiger partial charge in [0.05, 0.1) is 10.6 Å². The Balaban J connectivity index is 3.55. The Labute approximate surface area is 89.4 Å². The molecule has 90 valence electrons. The van der Waals surface area contributed by atoms with Crippen molar-refractivity contribution in [3.8, 4) is 5.75 Å². The molecule has 0 aliphatic heterocycles. The van der Waals surface area contributed by atoms with Crippen LogP contribution in [0.25, 0.3) is 0 Å². The zero-order chi connectivity index (χ0) is 12.7. The van der Waals surface area contributed by atoms with E-state index in [1.165, 1.54) is 0 Å². The number of hydrogen-bond donors (Lipinski definition) is 2. The Morgan fingerprint density at radius 3 is 2.25 bits per heavy atom. The minimum Gasteiger partial charge on any atom is -0.506 e. The predicted molar refractivity (Wildman–Crippen MR) is 50.5 cm³/mol. The van der Waals surface area contributed by atoms with Crippen LogP contribution in [0.3, 0.4) is 0 Å². The summed E-state index contributed by atoms with van der Waals surface area (Å²) in [6.45, 7) is 1.09. The largest absolute Gasteiger partial charge is 0.506 e. The molecule has 0 aliphatic carbocycles. The van der Waals surface area contributed by atoms with Crippen LogP contribution in [0.2, 0.25) is 0 Å². The second kappa shape index (κ2) is 3.55. The third-order valence-corrected chi connectivity index (χ3v) is 3.67. The number of alkyl halides is 3. The maximum atomic E-state index is 12.2. The average molecular weight is 255 g/mol. The molecule has 0 unspecified atom stereocenters. The summed E-state index contributed by atoms with van der Waals surface area (Å²) in [6, 6.07) is 1.48. The monoisotopic (exact) mass is 255 g/mol. The minimum absolute atomic E-state index is 0.322. The molecular weight excluding hydrogens is 247 g/mol. The van der Waals surface area contributed by atoms with Crippen molar-refractivity contribution in [2.75, 3.05) is 5.73 Å². The van der Waals surface area contributed by atoms with Gasteiger partial charge in [-0.1, -0.05) is 0 Å². The van der Waals surface area contributed by atoms with E-state index < -0.39 is 26.0 Å². The van der Waals surface area contributed by atoms with E-state index in [0.717, 1.165) is 13.0 Å². The zero-order valence-electron chi connectivity index (χ0n) is 8.04. The third kappa shape index (κ3) is 1.80. The van der Waals surface area contributed by atoms with Gasteiger partial charge in [-0.15, -0.1) is 0 Å². The highest BCUT2D eigenvalue weighted by Gasteiger charge is 2.47. The average Bonchev–Trinajstić information content (AvgIpc) is 2.12. The number of phenolic OH excluding ortho intramolecular Hbond substituents is 1. The van der Waals surface area contributed by atoms with Crippen molar-refractivity contribution in [1.82, 2.24) is 0 Å². The predicted octanol–water partition coefficient (Wildman–Crippen LogP) is 1.58. The number of nitrogens with two attached hydrogens (primary N) is 1. The number of sulfone groups is 1. The van der Waals surface area contributed by atoms with Crippen molar-refractivity contribution in [3.63, 3.8) is 0 Å². The molecule has 0 radical (unpaired) electrons. The molecule has 1 aromatic rings. The fourth-order valence-corrected chi connectivity index (χ4v) is 2.12. The lowest BCUT2D eigenvalue weighted by atomic mass is 10.2. The molecule has 0 saturated heterocycles. The molecule has 3 N–H and O–H groups in total. The van der Waals surface area contributed by atoms with E-state index in [-0.39, 0.29) is 11.3 Å². The van der Waals surface area contributed by atoms with Gasteiger partial charge in [-0.2, -0.15) is 13.2 Å².